The Labute approximate surface area is 105 Å². The molecule has 0 amide bonds. The monoisotopic (exact) mass is 248 g/mol. The highest BCUT2D eigenvalue weighted by Crippen LogP contribution is 2.18. The number of nitrogens with zero attached hydrogens (tertiary/aromatic N) is 1. The maximum absolute atomic E-state index is 11.5. The van der Waals surface area contributed by atoms with Gasteiger partial charge in [-0.25, -0.2) is 0 Å². The second-order valence-electron chi connectivity index (χ2n) is 3.93. The minimum absolute atomic E-state index is 0.168. The van der Waals surface area contributed by atoms with E-state index >= 15 is 0 Å². The fourth-order valence-electron chi connectivity index (χ4n) is 1.75. The lowest BCUT2D eigenvalue weighted by Crippen LogP contribution is -2.20. The Morgan fingerprint density at radius 1 is 1.41 bits per heavy atom. The molecule has 0 radical (unpaired) electrons. The quantitative estimate of drug-likeness (QED) is 0.902. The van der Waals surface area contributed by atoms with Crippen molar-refractivity contribution in [2.45, 2.75) is 6.42 Å². The lowest BCUT2D eigenvalue weighted by molar-refractivity contribution is -0.117. The summed E-state index contributed by atoms with van der Waals surface area (Å²) in [7, 11) is 1.77. The molecule has 0 spiro atoms. The number of pyridine rings is 1. The van der Waals surface area contributed by atoms with Crippen molar-refractivity contribution in [2.24, 2.45) is 0 Å². The van der Waals surface area contributed by atoms with Crippen LogP contribution in [0.25, 0.3) is 10.9 Å². The third kappa shape index (κ3) is 3.02. The number of likely N-dealkylation sites (N-methyl/N-ethyl adjacent to an activating group) is 1. The summed E-state index contributed by atoms with van der Waals surface area (Å²) in [5, 5.41) is 4.42. The van der Waals surface area contributed by atoms with Crippen LogP contribution >= 0.6 is 11.6 Å². The fourth-order valence-corrected chi connectivity index (χ4v) is 1.92. The molecule has 2 aromatic rings. The molecule has 0 aliphatic carbocycles. The highest BCUT2D eigenvalue weighted by atomic mass is 35.5. The Morgan fingerprint density at radius 3 is 3.00 bits per heavy atom. The Morgan fingerprint density at radius 2 is 2.24 bits per heavy atom. The first-order chi connectivity index (χ1) is 8.19. The first kappa shape index (κ1) is 12.0. The summed E-state index contributed by atoms with van der Waals surface area (Å²) in [4.78, 5) is 15.7. The minimum Gasteiger partial charge on any atom is -0.313 e. The summed E-state index contributed by atoms with van der Waals surface area (Å²) >= 11 is 5.89. The zero-order chi connectivity index (χ0) is 12.3. The highest BCUT2D eigenvalue weighted by molar-refractivity contribution is 6.31. The van der Waals surface area contributed by atoms with Crippen molar-refractivity contribution in [3.8, 4) is 0 Å². The van der Waals surface area contributed by atoms with Gasteiger partial charge in [-0.05, 0) is 30.8 Å². The number of nitrogens with one attached hydrogen (secondary N) is 1. The molecular weight excluding hydrogens is 236 g/mol. The second kappa shape index (κ2) is 5.25. The van der Waals surface area contributed by atoms with Crippen LogP contribution in [-0.4, -0.2) is 24.4 Å². The summed E-state index contributed by atoms with van der Waals surface area (Å²) in [6.45, 7) is 0.395. The van der Waals surface area contributed by atoms with E-state index < -0.39 is 0 Å². The molecule has 4 heteroatoms. The van der Waals surface area contributed by atoms with E-state index in [1.165, 1.54) is 0 Å². The van der Waals surface area contributed by atoms with Crippen LogP contribution in [0.5, 0.6) is 0 Å². The Balaban J connectivity index is 2.27. The SMILES string of the molecule is CNCC(=O)Cc1ccc2ncc(Cl)cc2c1. The summed E-state index contributed by atoms with van der Waals surface area (Å²) in [5.74, 6) is 0.168. The van der Waals surface area contributed by atoms with E-state index in [1.807, 2.05) is 24.3 Å². The molecule has 0 fully saturated rings. The Bertz CT molecular complexity index is 554. The van der Waals surface area contributed by atoms with Crippen molar-refractivity contribution < 1.29 is 4.79 Å². The van der Waals surface area contributed by atoms with E-state index in [4.69, 9.17) is 11.6 Å². The van der Waals surface area contributed by atoms with E-state index in [9.17, 15) is 4.79 Å². The van der Waals surface area contributed by atoms with Crippen LogP contribution in [0.4, 0.5) is 0 Å². The smallest absolute Gasteiger partial charge is 0.150 e. The van der Waals surface area contributed by atoms with Crippen molar-refractivity contribution in [2.75, 3.05) is 13.6 Å². The van der Waals surface area contributed by atoms with Crippen molar-refractivity contribution in [1.82, 2.24) is 10.3 Å². The molecule has 0 bridgehead atoms. The molecule has 0 aliphatic rings. The van der Waals surface area contributed by atoms with Gasteiger partial charge in [0.1, 0.15) is 0 Å². The zero-order valence-corrected chi connectivity index (χ0v) is 10.3. The number of aromatic nitrogens is 1. The van der Waals surface area contributed by atoms with Crippen LogP contribution in [0.2, 0.25) is 5.02 Å². The van der Waals surface area contributed by atoms with Gasteiger partial charge in [0.05, 0.1) is 17.1 Å². The van der Waals surface area contributed by atoms with Gasteiger partial charge in [-0.2, -0.15) is 0 Å². The number of rotatable bonds is 4. The maximum Gasteiger partial charge on any atom is 0.150 e. The number of hydrogen-bond donors (Lipinski definition) is 1. The molecular formula is C13H13ClN2O. The van der Waals surface area contributed by atoms with Gasteiger partial charge in [-0.3, -0.25) is 9.78 Å². The molecule has 3 nitrogen and oxygen atoms in total. The number of fused-ring (bicyclic) bond motifs is 1. The van der Waals surface area contributed by atoms with Crippen LogP contribution in [-0.2, 0) is 11.2 Å². The lowest BCUT2D eigenvalue weighted by Gasteiger charge is -2.03. The summed E-state index contributed by atoms with van der Waals surface area (Å²) in [6.07, 6.45) is 2.05. The fraction of sp³-hybridized carbons (Fsp3) is 0.231. The van der Waals surface area contributed by atoms with E-state index in [0.717, 1.165) is 16.5 Å². The zero-order valence-electron chi connectivity index (χ0n) is 9.53. The van der Waals surface area contributed by atoms with Crippen LogP contribution < -0.4 is 5.32 Å². The summed E-state index contributed by atoms with van der Waals surface area (Å²) in [5.41, 5.74) is 1.88. The Kier molecular flexibility index (Phi) is 3.71. The number of halogens is 1. The van der Waals surface area contributed by atoms with E-state index in [-0.39, 0.29) is 5.78 Å². The third-order valence-corrected chi connectivity index (χ3v) is 2.69. The number of benzene rings is 1. The molecule has 0 saturated carbocycles. The van der Waals surface area contributed by atoms with Gasteiger partial charge in [0.15, 0.2) is 5.78 Å². The molecule has 88 valence electrons. The van der Waals surface area contributed by atoms with E-state index in [1.54, 1.807) is 13.2 Å². The Hall–Kier alpha value is -1.45. The van der Waals surface area contributed by atoms with Crippen LogP contribution in [0.3, 0.4) is 0 Å². The van der Waals surface area contributed by atoms with Gasteiger partial charge in [0.2, 0.25) is 0 Å². The first-order valence-corrected chi connectivity index (χ1v) is 5.77. The first-order valence-electron chi connectivity index (χ1n) is 5.39. The average Bonchev–Trinajstić information content (AvgIpc) is 2.28. The molecule has 0 unspecified atom stereocenters. The predicted molar refractivity (Wildman–Crippen MR) is 69.4 cm³/mol. The minimum atomic E-state index is 0.168. The molecule has 0 saturated heterocycles. The highest BCUT2D eigenvalue weighted by Gasteiger charge is 2.04. The largest absolute Gasteiger partial charge is 0.313 e. The molecule has 1 N–H and O–H groups in total. The van der Waals surface area contributed by atoms with Crippen molar-refractivity contribution in [3.63, 3.8) is 0 Å². The number of carbonyl (C=O) groups excluding carboxylic acids is 1. The summed E-state index contributed by atoms with van der Waals surface area (Å²) < 4.78 is 0. The van der Waals surface area contributed by atoms with Gasteiger partial charge < -0.3 is 5.32 Å². The van der Waals surface area contributed by atoms with Crippen LogP contribution in [0.15, 0.2) is 30.5 Å². The molecule has 1 heterocycles. The number of ketones is 1. The predicted octanol–water partition coefficient (Wildman–Crippen LogP) is 2.22. The van der Waals surface area contributed by atoms with Crippen molar-refractivity contribution >= 4 is 28.3 Å². The van der Waals surface area contributed by atoms with Crippen molar-refractivity contribution in [1.29, 1.82) is 0 Å². The molecule has 2 rings (SSSR count). The normalized spacial score (nSPS) is 10.7. The van der Waals surface area contributed by atoms with Gasteiger partial charge in [-0.1, -0.05) is 17.7 Å². The molecule has 0 atom stereocenters. The standard InChI is InChI=1S/C13H13ClN2O/c1-15-8-12(17)5-9-2-3-13-10(4-9)6-11(14)7-16-13/h2-4,6-7,15H,5,8H2,1H3. The number of carbonyl (C=O) groups is 1. The third-order valence-electron chi connectivity index (χ3n) is 2.49. The average molecular weight is 249 g/mol. The van der Waals surface area contributed by atoms with Gasteiger partial charge in [-0.15, -0.1) is 0 Å². The van der Waals surface area contributed by atoms with Gasteiger partial charge in [0.25, 0.3) is 0 Å². The topological polar surface area (TPSA) is 42.0 Å². The van der Waals surface area contributed by atoms with Gasteiger partial charge >= 0.3 is 0 Å². The summed E-state index contributed by atoms with van der Waals surface area (Å²) in [6, 6.07) is 7.65. The molecule has 1 aromatic carbocycles. The van der Waals surface area contributed by atoms with E-state index in [0.29, 0.717) is 18.0 Å². The number of Topliss-reactive ketones (excluding diaryl/α,β-unsaturated/α-hetero) is 1. The lowest BCUT2D eigenvalue weighted by atomic mass is 10.1. The number of hydrogen-bond acceptors (Lipinski definition) is 3. The van der Waals surface area contributed by atoms with Gasteiger partial charge in [0, 0.05) is 18.0 Å². The van der Waals surface area contributed by atoms with Crippen molar-refractivity contribution in [3.05, 3.63) is 41.0 Å². The molecule has 1 aromatic heterocycles. The second-order valence-corrected chi connectivity index (χ2v) is 4.36. The van der Waals surface area contributed by atoms with Crippen LogP contribution in [0, 0.1) is 0 Å². The molecule has 17 heavy (non-hydrogen) atoms. The maximum atomic E-state index is 11.5. The molecule has 0 aliphatic heterocycles. The van der Waals surface area contributed by atoms with E-state index in [2.05, 4.69) is 10.3 Å². The van der Waals surface area contributed by atoms with Crippen LogP contribution in [0.1, 0.15) is 5.56 Å².